The van der Waals surface area contributed by atoms with Gasteiger partial charge in [0, 0.05) is 26.7 Å². The molecule has 0 unspecified atom stereocenters. The zero-order valence-electron chi connectivity index (χ0n) is 20.5. The van der Waals surface area contributed by atoms with Crippen molar-refractivity contribution in [1.82, 2.24) is 15.3 Å². The van der Waals surface area contributed by atoms with E-state index in [9.17, 15) is 4.79 Å². The number of hydrogen-bond acceptors (Lipinski definition) is 6. The summed E-state index contributed by atoms with van der Waals surface area (Å²) in [7, 11) is 3.36. The Bertz CT molecular complexity index is 559. The number of hydrogen-bond donors (Lipinski definition) is 3. The minimum absolute atomic E-state index is 0.387. The normalized spacial score (nSPS) is 13.1. The van der Waals surface area contributed by atoms with Gasteiger partial charge in [-0.3, -0.25) is 0 Å². The molecule has 0 aliphatic heterocycles. The molecule has 0 spiro atoms. The van der Waals surface area contributed by atoms with Gasteiger partial charge in [-0.2, -0.15) is 4.98 Å². The summed E-state index contributed by atoms with van der Waals surface area (Å²) in [5, 5.41) is 9.08. The van der Waals surface area contributed by atoms with E-state index in [1.54, 1.807) is 6.07 Å². The smallest absolute Gasteiger partial charge is 0.407 e. The standard InChI is InChI=1S/C12H19ClN4.C6H13NO2.2C2H6/c1-14-11-7-10(13)16-12(17-11)15-8-9-5-3-2-4-6-9;1-6(2,3)9-5(8)7-4;2*1-2/h7,9H,2-6,8H2,1H3,(H2,14,15,16,17);1-4H3,(H,7,8);2*1-2H3. The molecule has 1 aromatic heterocycles. The fourth-order valence-corrected chi connectivity index (χ4v) is 2.76. The van der Waals surface area contributed by atoms with Gasteiger partial charge < -0.3 is 20.7 Å². The van der Waals surface area contributed by atoms with E-state index in [1.165, 1.54) is 39.2 Å². The maximum atomic E-state index is 10.5. The summed E-state index contributed by atoms with van der Waals surface area (Å²) >= 11 is 5.92. The highest BCUT2D eigenvalue weighted by atomic mass is 35.5. The SMILES string of the molecule is CC.CC.CNC(=O)OC(C)(C)C.CNc1cc(Cl)nc(NCC2CCCCC2)n1. The average Bonchev–Trinajstić information content (AvgIpc) is 2.74. The second-order valence-electron chi connectivity index (χ2n) is 7.29. The van der Waals surface area contributed by atoms with E-state index in [2.05, 4.69) is 25.9 Å². The zero-order valence-corrected chi connectivity index (χ0v) is 21.2. The van der Waals surface area contributed by atoms with Crippen LogP contribution in [0.15, 0.2) is 6.07 Å². The Kier molecular flexibility index (Phi) is 18.3. The van der Waals surface area contributed by atoms with Gasteiger partial charge in [0.05, 0.1) is 0 Å². The molecule has 176 valence electrons. The number of alkyl carbamates (subject to hydrolysis) is 1. The van der Waals surface area contributed by atoms with E-state index in [-0.39, 0.29) is 11.7 Å². The fraction of sp³-hybridized carbons (Fsp3) is 0.773. The summed E-state index contributed by atoms with van der Waals surface area (Å²) in [6, 6.07) is 1.72. The lowest BCUT2D eigenvalue weighted by Crippen LogP contribution is -2.30. The highest BCUT2D eigenvalue weighted by Gasteiger charge is 2.14. The van der Waals surface area contributed by atoms with Crippen LogP contribution in [0.5, 0.6) is 0 Å². The average molecular weight is 446 g/mol. The largest absolute Gasteiger partial charge is 0.444 e. The summed E-state index contributed by atoms with van der Waals surface area (Å²) in [4.78, 5) is 19.0. The van der Waals surface area contributed by atoms with Crippen LogP contribution in [-0.2, 0) is 4.74 Å². The zero-order chi connectivity index (χ0) is 23.6. The van der Waals surface area contributed by atoms with Gasteiger partial charge in [-0.1, -0.05) is 58.6 Å². The minimum Gasteiger partial charge on any atom is -0.444 e. The number of aromatic nitrogens is 2. The first kappa shape index (κ1) is 30.4. The molecule has 0 radical (unpaired) electrons. The van der Waals surface area contributed by atoms with E-state index in [4.69, 9.17) is 16.3 Å². The third-order valence-corrected chi connectivity index (χ3v) is 4.02. The molecule has 3 N–H and O–H groups in total. The molecule has 7 nitrogen and oxygen atoms in total. The lowest BCUT2D eigenvalue weighted by Gasteiger charge is -2.21. The molecule has 1 aliphatic rings. The van der Waals surface area contributed by atoms with Gasteiger partial charge in [0.25, 0.3) is 0 Å². The quantitative estimate of drug-likeness (QED) is 0.467. The van der Waals surface area contributed by atoms with E-state index < -0.39 is 0 Å². The lowest BCUT2D eigenvalue weighted by atomic mass is 9.89. The van der Waals surface area contributed by atoms with Crippen LogP contribution in [0.25, 0.3) is 0 Å². The van der Waals surface area contributed by atoms with E-state index >= 15 is 0 Å². The number of anilines is 2. The van der Waals surface area contributed by atoms with Crippen molar-refractivity contribution < 1.29 is 9.53 Å². The predicted molar refractivity (Wildman–Crippen MR) is 130 cm³/mol. The summed E-state index contributed by atoms with van der Waals surface area (Å²) < 4.78 is 4.84. The monoisotopic (exact) mass is 445 g/mol. The molecule has 1 heterocycles. The minimum atomic E-state index is -0.389. The Morgan fingerprint density at radius 1 is 1.10 bits per heavy atom. The molecule has 2 rings (SSSR count). The second kappa shape index (κ2) is 18.0. The van der Waals surface area contributed by atoms with Crippen molar-refractivity contribution in [3.8, 4) is 0 Å². The second-order valence-corrected chi connectivity index (χ2v) is 7.67. The number of ether oxygens (including phenoxy) is 1. The number of halogens is 1. The number of amides is 1. The van der Waals surface area contributed by atoms with E-state index in [0.717, 1.165) is 18.3 Å². The molecular formula is C22H44ClN5O2. The first-order valence-electron chi connectivity index (χ1n) is 11.1. The Labute approximate surface area is 189 Å². The molecule has 1 fully saturated rings. The molecule has 0 bridgehead atoms. The molecular weight excluding hydrogens is 402 g/mol. The maximum absolute atomic E-state index is 10.5. The van der Waals surface area contributed by atoms with Gasteiger partial charge in [-0.25, -0.2) is 9.78 Å². The van der Waals surface area contributed by atoms with Gasteiger partial charge in [-0.05, 0) is 39.5 Å². The Morgan fingerprint density at radius 2 is 1.67 bits per heavy atom. The van der Waals surface area contributed by atoms with E-state index in [1.807, 2.05) is 55.5 Å². The van der Waals surface area contributed by atoms with Crippen molar-refractivity contribution in [3.05, 3.63) is 11.2 Å². The summed E-state index contributed by atoms with van der Waals surface area (Å²) in [6.45, 7) is 14.4. The first-order chi connectivity index (χ1) is 14.2. The summed E-state index contributed by atoms with van der Waals surface area (Å²) in [5.74, 6) is 2.12. The molecule has 1 amide bonds. The first-order valence-corrected chi connectivity index (χ1v) is 11.5. The molecule has 1 saturated carbocycles. The number of carbonyl (C=O) groups excluding carboxylic acids is 1. The van der Waals surface area contributed by atoms with Gasteiger partial charge in [-0.15, -0.1) is 0 Å². The number of rotatable bonds is 4. The molecule has 0 aromatic carbocycles. The van der Waals surface area contributed by atoms with Gasteiger partial charge in [0.15, 0.2) is 0 Å². The number of carbonyl (C=O) groups is 1. The van der Waals surface area contributed by atoms with Crippen molar-refractivity contribution in [2.75, 3.05) is 31.3 Å². The Hall–Kier alpha value is -1.76. The van der Waals surface area contributed by atoms with Crippen LogP contribution in [0.4, 0.5) is 16.6 Å². The predicted octanol–water partition coefficient (Wildman–Crippen LogP) is 6.36. The van der Waals surface area contributed by atoms with Crippen molar-refractivity contribution >= 4 is 29.5 Å². The molecule has 0 atom stereocenters. The van der Waals surface area contributed by atoms with Crippen LogP contribution in [0.3, 0.4) is 0 Å². The molecule has 8 heteroatoms. The van der Waals surface area contributed by atoms with Crippen molar-refractivity contribution in [1.29, 1.82) is 0 Å². The van der Waals surface area contributed by atoms with Gasteiger partial charge >= 0.3 is 6.09 Å². The summed E-state index contributed by atoms with van der Waals surface area (Å²) in [6.07, 6.45) is 6.32. The van der Waals surface area contributed by atoms with Crippen LogP contribution in [0.1, 0.15) is 80.6 Å². The number of nitrogens with zero attached hydrogens (tertiary/aromatic N) is 2. The molecule has 0 saturated heterocycles. The molecule has 1 aromatic rings. The Morgan fingerprint density at radius 3 is 2.10 bits per heavy atom. The van der Waals surface area contributed by atoms with Gasteiger partial charge in [0.2, 0.25) is 5.95 Å². The topological polar surface area (TPSA) is 88.2 Å². The van der Waals surface area contributed by atoms with Gasteiger partial charge in [0.1, 0.15) is 16.6 Å². The fourth-order valence-electron chi connectivity index (χ4n) is 2.58. The lowest BCUT2D eigenvalue weighted by molar-refractivity contribution is 0.0541. The third kappa shape index (κ3) is 16.1. The van der Waals surface area contributed by atoms with Crippen molar-refractivity contribution in [3.63, 3.8) is 0 Å². The van der Waals surface area contributed by atoms with Crippen LogP contribution in [-0.4, -0.2) is 42.3 Å². The van der Waals surface area contributed by atoms with Crippen molar-refractivity contribution in [2.24, 2.45) is 5.92 Å². The Balaban J connectivity index is 0. The highest BCUT2D eigenvalue weighted by molar-refractivity contribution is 6.29. The van der Waals surface area contributed by atoms with Crippen LogP contribution in [0, 0.1) is 5.92 Å². The highest BCUT2D eigenvalue weighted by Crippen LogP contribution is 2.24. The molecule has 30 heavy (non-hydrogen) atoms. The third-order valence-electron chi connectivity index (χ3n) is 3.83. The van der Waals surface area contributed by atoms with Crippen LogP contribution < -0.4 is 16.0 Å². The van der Waals surface area contributed by atoms with E-state index in [0.29, 0.717) is 11.1 Å². The maximum Gasteiger partial charge on any atom is 0.407 e. The molecule has 1 aliphatic carbocycles. The van der Waals surface area contributed by atoms with Crippen molar-refractivity contribution in [2.45, 2.75) is 86.2 Å². The van der Waals surface area contributed by atoms with Crippen LogP contribution in [0.2, 0.25) is 5.15 Å². The van der Waals surface area contributed by atoms with Crippen LogP contribution >= 0.6 is 11.6 Å². The number of nitrogens with one attached hydrogen (secondary N) is 3. The summed E-state index contributed by atoms with van der Waals surface area (Å²) in [5.41, 5.74) is -0.389.